The lowest BCUT2D eigenvalue weighted by Crippen LogP contribution is -2.30. The summed E-state index contributed by atoms with van der Waals surface area (Å²) in [6, 6.07) is 14.8. The number of aromatic nitrogens is 2. The molecule has 3 aromatic rings. The number of thioether (sulfide) groups is 1. The minimum absolute atomic E-state index is 0.00182. The smallest absolute Gasteiger partial charge is 0.123 e. The Balaban J connectivity index is 1.80. The zero-order valence-electron chi connectivity index (χ0n) is 14.7. The molecule has 2 aromatic carbocycles. The van der Waals surface area contributed by atoms with Crippen LogP contribution < -0.4 is 0 Å². The fourth-order valence-corrected chi connectivity index (χ4v) is 4.47. The van der Waals surface area contributed by atoms with Gasteiger partial charge < -0.3 is 4.57 Å². The Hall–Kier alpha value is -1.78. The Morgan fingerprint density at radius 2 is 1.85 bits per heavy atom. The van der Waals surface area contributed by atoms with Crippen molar-refractivity contribution in [2.24, 2.45) is 0 Å². The monoisotopic (exact) mass is 388 g/mol. The Bertz CT molecular complexity index is 803. The van der Waals surface area contributed by atoms with Crippen LogP contribution in [0.15, 0.2) is 72.1 Å². The number of benzene rings is 2. The minimum atomic E-state index is -0.202. The van der Waals surface area contributed by atoms with Crippen LogP contribution in [0.4, 0.5) is 4.39 Å². The van der Waals surface area contributed by atoms with E-state index < -0.39 is 0 Å². The summed E-state index contributed by atoms with van der Waals surface area (Å²) in [6.07, 6.45) is 8.64. The van der Waals surface area contributed by atoms with Gasteiger partial charge in [-0.25, -0.2) is 9.37 Å². The van der Waals surface area contributed by atoms with Crippen molar-refractivity contribution in [3.63, 3.8) is 0 Å². The minimum Gasteiger partial charge on any atom is -0.336 e. The van der Waals surface area contributed by atoms with Crippen LogP contribution in [0, 0.1) is 5.82 Å². The van der Waals surface area contributed by atoms with Gasteiger partial charge in [0.1, 0.15) is 5.82 Å². The molecule has 0 radical (unpaired) electrons. The van der Waals surface area contributed by atoms with E-state index in [0.29, 0.717) is 0 Å². The number of imidazole rings is 1. The van der Waals surface area contributed by atoms with Crippen LogP contribution in [-0.2, 0) is 13.0 Å². The van der Waals surface area contributed by atoms with E-state index >= 15 is 0 Å². The maximum atomic E-state index is 13.3. The molecule has 3 rings (SSSR count). The van der Waals surface area contributed by atoms with Crippen LogP contribution in [0.25, 0.3) is 0 Å². The van der Waals surface area contributed by atoms with Crippen molar-refractivity contribution in [3.05, 3.63) is 83.7 Å². The topological polar surface area (TPSA) is 17.8 Å². The number of aryl methyl sites for hydroxylation is 1. The quantitative estimate of drug-likeness (QED) is 0.424. The predicted octanol–water partition coefficient (Wildman–Crippen LogP) is 6.25. The molecule has 0 aliphatic heterocycles. The molecule has 5 heteroatoms. The average molecular weight is 389 g/mol. The zero-order valence-corrected chi connectivity index (χ0v) is 16.3. The molecule has 0 saturated carbocycles. The molecule has 0 spiro atoms. The molecule has 0 fully saturated rings. The van der Waals surface area contributed by atoms with Crippen molar-refractivity contribution < 1.29 is 4.39 Å². The zero-order chi connectivity index (χ0) is 18.4. The summed E-state index contributed by atoms with van der Waals surface area (Å²) < 4.78 is 15.4. The van der Waals surface area contributed by atoms with Gasteiger partial charge in [0.15, 0.2) is 0 Å². The SMILES string of the molecule is CCC(CCc1ccc(Cl)cc1)(Cn1ccnc1)Sc1ccc(F)cc1. The van der Waals surface area contributed by atoms with Crippen LogP contribution in [0.1, 0.15) is 25.3 Å². The molecular weight excluding hydrogens is 367 g/mol. The molecular formula is C21H22ClFN2S. The van der Waals surface area contributed by atoms with Crippen molar-refractivity contribution in [2.45, 2.75) is 42.4 Å². The standard InChI is InChI=1S/C21H22ClFN2S/c1-2-21(15-25-14-13-24-16-25,26-20-9-7-19(23)8-10-20)12-11-17-3-5-18(22)6-4-17/h3-10,13-14,16H,2,11-12,15H2,1H3. The third kappa shape index (κ3) is 5.12. The largest absolute Gasteiger partial charge is 0.336 e. The van der Waals surface area contributed by atoms with Gasteiger partial charge in [-0.1, -0.05) is 30.7 Å². The number of halogens is 2. The van der Waals surface area contributed by atoms with E-state index in [1.54, 1.807) is 0 Å². The van der Waals surface area contributed by atoms with Gasteiger partial charge in [0.25, 0.3) is 0 Å². The summed E-state index contributed by atoms with van der Waals surface area (Å²) in [4.78, 5) is 5.26. The van der Waals surface area contributed by atoms with Gasteiger partial charge in [0, 0.05) is 33.6 Å². The molecule has 0 aliphatic rings. The van der Waals surface area contributed by atoms with Crippen LogP contribution in [0.2, 0.25) is 5.02 Å². The Morgan fingerprint density at radius 3 is 2.46 bits per heavy atom. The molecule has 0 aliphatic carbocycles. The highest BCUT2D eigenvalue weighted by molar-refractivity contribution is 8.00. The first-order valence-electron chi connectivity index (χ1n) is 8.73. The van der Waals surface area contributed by atoms with E-state index in [1.165, 1.54) is 17.7 Å². The molecule has 0 saturated heterocycles. The second-order valence-corrected chi connectivity index (χ2v) is 8.43. The first-order chi connectivity index (χ1) is 12.6. The normalized spacial score (nSPS) is 13.5. The number of rotatable bonds is 8. The first kappa shape index (κ1) is 19.0. The maximum Gasteiger partial charge on any atom is 0.123 e. The van der Waals surface area contributed by atoms with E-state index in [1.807, 2.05) is 54.7 Å². The second kappa shape index (κ2) is 8.74. The summed E-state index contributed by atoms with van der Waals surface area (Å²) in [5.74, 6) is -0.202. The molecule has 1 aromatic heterocycles. The lowest BCUT2D eigenvalue weighted by molar-refractivity contribution is 0.449. The van der Waals surface area contributed by atoms with E-state index in [9.17, 15) is 4.39 Å². The lowest BCUT2D eigenvalue weighted by Gasteiger charge is -2.33. The predicted molar refractivity (Wildman–Crippen MR) is 107 cm³/mol. The van der Waals surface area contributed by atoms with Gasteiger partial charge in [-0.2, -0.15) is 0 Å². The van der Waals surface area contributed by atoms with Crippen LogP contribution >= 0.6 is 23.4 Å². The van der Waals surface area contributed by atoms with Crippen molar-refractivity contribution >= 4 is 23.4 Å². The van der Waals surface area contributed by atoms with Gasteiger partial charge in [0.05, 0.1) is 6.33 Å². The first-order valence-corrected chi connectivity index (χ1v) is 9.93. The lowest BCUT2D eigenvalue weighted by atomic mass is 9.96. The van der Waals surface area contributed by atoms with E-state index in [4.69, 9.17) is 11.6 Å². The molecule has 0 amide bonds. The Labute approximate surface area is 163 Å². The van der Waals surface area contributed by atoms with Gasteiger partial charge in [0.2, 0.25) is 0 Å². The van der Waals surface area contributed by atoms with Crippen molar-refractivity contribution in [2.75, 3.05) is 0 Å². The van der Waals surface area contributed by atoms with Crippen molar-refractivity contribution in [1.82, 2.24) is 9.55 Å². The summed E-state index contributed by atoms with van der Waals surface area (Å²) in [5.41, 5.74) is 1.28. The van der Waals surface area contributed by atoms with Gasteiger partial charge in [-0.15, -0.1) is 11.8 Å². The van der Waals surface area contributed by atoms with Crippen LogP contribution in [0.3, 0.4) is 0 Å². The number of nitrogens with zero attached hydrogens (tertiary/aromatic N) is 2. The molecule has 1 heterocycles. The Kier molecular flexibility index (Phi) is 6.38. The molecule has 2 nitrogen and oxygen atoms in total. The van der Waals surface area contributed by atoms with E-state index in [2.05, 4.69) is 28.6 Å². The molecule has 0 N–H and O–H groups in total. The van der Waals surface area contributed by atoms with E-state index in [0.717, 1.165) is 35.7 Å². The third-order valence-corrected chi connectivity index (χ3v) is 6.42. The van der Waals surface area contributed by atoms with Crippen LogP contribution in [-0.4, -0.2) is 14.3 Å². The summed E-state index contributed by atoms with van der Waals surface area (Å²) in [7, 11) is 0. The van der Waals surface area contributed by atoms with Gasteiger partial charge in [-0.05, 0) is 61.2 Å². The summed E-state index contributed by atoms with van der Waals surface area (Å²) >= 11 is 7.82. The van der Waals surface area contributed by atoms with Crippen molar-refractivity contribution in [3.8, 4) is 0 Å². The molecule has 136 valence electrons. The Morgan fingerprint density at radius 1 is 1.12 bits per heavy atom. The van der Waals surface area contributed by atoms with Crippen molar-refractivity contribution in [1.29, 1.82) is 0 Å². The summed E-state index contributed by atoms with van der Waals surface area (Å²) in [6.45, 7) is 3.08. The third-order valence-electron chi connectivity index (χ3n) is 4.60. The highest BCUT2D eigenvalue weighted by Gasteiger charge is 2.30. The molecule has 1 unspecified atom stereocenters. The van der Waals surface area contributed by atoms with Gasteiger partial charge >= 0.3 is 0 Å². The fraction of sp³-hybridized carbons (Fsp3) is 0.286. The van der Waals surface area contributed by atoms with E-state index in [-0.39, 0.29) is 10.6 Å². The fourth-order valence-electron chi connectivity index (χ4n) is 3.01. The maximum absolute atomic E-state index is 13.3. The number of hydrogen-bond donors (Lipinski definition) is 0. The van der Waals surface area contributed by atoms with Crippen LogP contribution in [0.5, 0.6) is 0 Å². The van der Waals surface area contributed by atoms with Gasteiger partial charge in [-0.3, -0.25) is 0 Å². The average Bonchev–Trinajstić information content (AvgIpc) is 3.16. The number of hydrogen-bond acceptors (Lipinski definition) is 2. The highest BCUT2D eigenvalue weighted by atomic mass is 35.5. The summed E-state index contributed by atoms with van der Waals surface area (Å²) in [5, 5.41) is 0.759. The molecule has 0 bridgehead atoms. The highest BCUT2D eigenvalue weighted by Crippen LogP contribution is 2.41. The second-order valence-electron chi connectivity index (χ2n) is 6.45. The molecule has 1 atom stereocenters. The molecule has 26 heavy (non-hydrogen) atoms.